The topological polar surface area (TPSA) is 53.7 Å². The van der Waals surface area contributed by atoms with Crippen molar-refractivity contribution < 1.29 is 14.3 Å². The maximum Gasteiger partial charge on any atom is 0.165 e. The Morgan fingerprint density at radius 3 is 2.12 bits per heavy atom. The number of halogens is 1. The Kier molecular flexibility index (Phi) is 5.24. The van der Waals surface area contributed by atoms with Crippen molar-refractivity contribution in [3.63, 3.8) is 0 Å². The smallest absolute Gasteiger partial charge is 0.165 e. The van der Waals surface area contributed by atoms with Crippen LogP contribution in [0.5, 0.6) is 11.5 Å². The summed E-state index contributed by atoms with van der Waals surface area (Å²) in [6.07, 6.45) is 0.681. The molecule has 0 amide bonds. The van der Waals surface area contributed by atoms with E-state index in [0.29, 0.717) is 13.0 Å². The van der Waals surface area contributed by atoms with Crippen molar-refractivity contribution in [1.82, 2.24) is 0 Å². The van der Waals surface area contributed by atoms with Gasteiger partial charge in [-0.3, -0.25) is 0 Å². The summed E-state index contributed by atoms with van der Waals surface area (Å²) in [4.78, 5) is 4.63. The van der Waals surface area contributed by atoms with Gasteiger partial charge in [-0.2, -0.15) is 0 Å². The molecule has 0 radical (unpaired) electrons. The van der Waals surface area contributed by atoms with Crippen LogP contribution in [0.1, 0.15) is 16.7 Å². The monoisotopic (exact) mass is 303 g/mol. The fraction of sp³-hybridized carbons (Fsp3) is 0.500. The summed E-state index contributed by atoms with van der Waals surface area (Å²) in [6.45, 7) is 4.46. The molecule has 1 aromatic carbocycles. The zero-order valence-electron chi connectivity index (χ0n) is 10.6. The summed E-state index contributed by atoms with van der Waals surface area (Å²) in [5.41, 5.74) is 3.20. The van der Waals surface area contributed by atoms with Crippen LogP contribution in [0.25, 0.3) is 0 Å². The Balaban J connectivity index is 3.39. The molecular formula is C12H18BrNO3. The van der Waals surface area contributed by atoms with E-state index in [-0.39, 0.29) is 0 Å². The Labute approximate surface area is 110 Å². The van der Waals surface area contributed by atoms with Crippen LogP contribution in [0.2, 0.25) is 0 Å². The first-order valence-electron chi connectivity index (χ1n) is 5.29. The standard InChI is InChI=1S/C12H18BrNO3/c1-7-9(5-6-17-14)12(16-4)11(15-3)8(2)10(7)13/h5-6,14H2,1-4H3. The Bertz CT molecular complexity index is 407. The molecule has 0 saturated carbocycles. The first-order valence-corrected chi connectivity index (χ1v) is 6.08. The SMILES string of the molecule is COc1c(C)c(Br)c(C)c(CCON)c1OC. The molecule has 1 aromatic rings. The average Bonchev–Trinajstić information content (AvgIpc) is 2.34. The van der Waals surface area contributed by atoms with Crippen LogP contribution in [0, 0.1) is 13.8 Å². The predicted molar refractivity (Wildman–Crippen MR) is 70.6 cm³/mol. The molecule has 1 rings (SSSR count). The second-order valence-electron chi connectivity index (χ2n) is 3.73. The molecule has 0 aliphatic heterocycles. The molecule has 0 heterocycles. The molecule has 4 nitrogen and oxygen atoms in total. The highest BCUT2D eigenvalue weighted by Gasteiger charge is 2.19. The van der Waals surface area contributed by atoms with Crippen LogP contribution in [0.4, 0.5) is 0 Å². The number of benzene rings is 1. The van der Waals surface area contributed by atoms with Gasteiger partial charge in [-0.05, 0) is 19.4 Å². The number of nitrogens with two attached hydrogens (primary N) is 1. The molecule has 96 valence electrons. The molecular weight excluding hydrogens is 286 g/mol. The summed E-state index contributed by atoms with van der Waals surface area (Å²) in [5, 5.41) is 0. The van der Waals surface area contributed by atoms with Gasteiger partial charge in [0, 0.05) is 22.0 Å². The molecule has 0 aromatic heterocycles. The van der Waals surface area contributed by atoms with Crippen molar-refractivity contribution in [3.8, 4) is 11.5 Å². The third-order valence-corrected chi connectivity index (χ3v) is 4.00. The van der Waals surface area contributed by atoms with Gasteiger partial charge in [0.1, 0.15) is 0 Å². The maximum atomic E-state index is 5.44. The highest BCUT2D eigenvalue weighted by molar-refractivity contribution is 9.10. The van der Waals surface area contributed by atoms with Gasteiger partial charge in [-0.15, -0.1) is 0 Å². The minimum atomic E-state index is 0.440. The van der Waals surface area contributed by atoms with E-state index in [4.69, 9.17) is 15.4 Å². The average molecular weight is 304 g/mol. The quantitative estimate of drug-likeness (QED) is 0.849. The molecule has 0 bridgehead atoms. The Morgan fingerprint density at radius 1 is 1.06 bits per heavy atom. The number of rotatable bonds is 5. The molecule has 0 fully saturated rings. The van der Waals surface area contributed by atoms with E-state index in [0.717, 1.165) is 32.7 Å². The second-order valence-corrected chi connectivity index (χ2v) is 4.52. The van der Waals surface area contributed by atoms with E-state index in [1.54, 1.807) is 14.2 Å². The highest BCUT2D eigenvalue weighted by atomic mass is 79.9. The van der Waals surface area contributed by atoms with Gasteiger partial charge >= 0.3 is 0 Å². The van der Waals surface area contributed by atoms with Gasteiger partial charge in [-0.25, -0.2) is 5.90 Å². The van der Waals surface area contributed by atoms with E-state index in [9.17, 15) is 0 Å². The predicted octanol–water partition coefficient (Wildman–Crippen LogP) is 2.52. The normalized spacial score (nSPS) is 10.5. The van der Waals surface area contributed by atoms with E-state index >= 15 is 0 Å². The third kappa shape index (κ3) is 2.73. The maximum absolute atomic E-state index is 5.44. The summed E-state index contributed by atoms with van der Waals surface area (Å²) in [6, 6.07) is 0. The Hall–Kier alpha value is -0.780. The summed E-state index contributed by atoms with van der Waals surface area (Å²) >= 11 is 3.57. The molecule has 0 aliphatic rings. The number of ether oxygens (including phenoxy) is 2. The number of hydrogen-bond acceptors (Lipinski definition) is 4. The molecule has 0 aliphatic carbocycles. The van der Waals surface area contributed by atoms with E-state index in [1.165, 1.54) is 0 Å². The molecule has 0 spiro atoms. The summed E-state index contributed by atoms with van der Waals surface area (Å²) in [7, 11) is 3.27. The molecule has 0 unspecified atom stereocenters. The van der Waals surface area contributed by atoms with Gasteiger partial charge in [0.15, 0.2) is 11.5 Å². The van der Waals surface area contributed by atoms with Crippen molar-refractivity contribution in [3.05, 3.63) is 21.2 Å². The lowest BCUT2D eigenvalue weighted by molar-refractivity contribution is 0.140. The van der Waals surface area contributed by atoms with E-state index < -0.39 is 0 Å². The molecule has 0 atom stereocenters. The zero-order valence-corrected chi connectivity index (χ0v) is 12.2. The minimum Gasteiger partial charge on any atom is -0.493 e. The lowest BCUT2D eigenvalue weighted by atomic mass is 10.0. The molecule has 0 saturated heterocycles. The third-order valence-electron chi connectivity index (χ3n) is 2.81. The lowest BCUT2D eigenvalue weighted by Crippen LogP contribution is -2.08. The lowest BCUT2D eigenvalue weighted by Gasteiger charge is -2.19. The zero-order chi connectivity index (χ0) is 13.0. The Morgan fingerprint density at radius 2 is 1.65 bits per heavy atom. The van der Waals surface area contributed by atoms with Gasteiger partial charge in [0.05, 0.1) is 20.8 Å². The van der Waals surface area contributed by atoms with Crippen molar-refractivity contribution in [1.29, 1.82) is 0 Å². The van der Waals surface area contributed by atoms with Crippen LogP contribution < -0.4 is 15.4 Å². The number of hydrogen-bond donors (Lipinski definition) is 1. The van der Waals surface area contributed by atoms with Crippen molar-refractivity contribution in [2.45, 2.75) is 20.3 Å². The van der Waals surface area contributed by atoms with Crippen LogP contribution in [-0.4, -0.2) is 20.8 Å². The fourth-order valence-corrected chi connectivity index (χ4v) is 2.33. The molecule has 5 heteroatoms. The van der Waals surface area contributed by atoms with Gasteiger partial charge in [-0.1, -0.05) is 15.9 Å². The first-order chi connectivity index (χ1) is 8.08. The summed E-state index contributed by atoms with van der Waals surface area (Å²) in [5.74, 6) is 6.57. The van der Waals surface area contributed by atoms with Crippen molar-refractivity contribution >= 4 is 15.9 Å². The van der Waals surface area contributed by atoms with Crippen molar-refractivity contribution in [2.24, 2.45) is 5.90 Å². The van der Waals surface area contributed by atoms with Gasteiger partial charge < -0.3 is 14.3 Å². The molecule has 2 N–H and O–H groups in total. The fourth-order valence-electron chi connectivity index (χ4n) is 1.91. The molecule has 17 heavy (non-hydrogen) atoms. The van der Waals surface area contributed by atoms with Crippen molar-refractivity contribution in [2.75, 3.05) is 20.8 Å². The van der Waals surface area contributed by atoms with Gasteiger partial charge in [0.2, 0.25) is 0 Å². The van der Waals surface area contributed by atoms with E-state index in [2.05, 4.69) is 20.8 Å². The van der Waals surface area contributed by atoms with Crippen LogP contribution in [0.3, 0.4) is 0 Å². The largest absolute Gasteiger partial charge is 0.493 e. The van der Waals surface area contributed by atoms with Crippen LogP contribution in [-0.2, 0) is 11.3 Å². The number of methoxy groups -OCH3 is 2. The highest BCUT2D eigenvalue weighted by Crippen LogP contribution is 2.42. The van der Waals surface area contributed by atoms with E-state index in [1.807, 2.05) is 13.8 Å². The minimum absolute atomic E-state index is 0.440. The first kappa shape index (κ1) is 14.3. The van der Waals surface area contributed by atoms with Crippen LogP contribution in [0.15, 0.2) is 4.47 Å². The van der Waals surface area contributed by atoms with Crippen LogP contribution >= 0.6 is 15.9 Å². The second kappa shape index (κ2) is 6.23. The van der Waals surface area contributed by atoms with Gasteiger partial charge in [0.25, 0.3) is 0 Å². The summed E-state index contributed by atoms with van der Waals surface area (Å²) < 4.78 is 11.9.